The number of rotatable bonds is 5. The fourth-order valence-electron chi connectivity index (χ4n) is 4.12. The first-order valence-corrected chi connectivity index (χ1v) is 10.3. The van der Waals surface area contributed by atoms with Gasteiger partial charge in [-0.15, -0.1) is 0 Å². The summed E-state index contributed by atoms with van der Waals surface area (Å²) in [6.45, 7) is 7.18. The summed E-state index contributed by atoms with van der Waals surface area (Å²) in [6.07, 6.45) is 2.51. The number of hydrogen-bond donors (Lipinski definition) is 2. The lowest BCUT2D eigenvalue weighted by Gasteiger charge is -2.21. The number of benzene rings is 2. The van der Waals surface area contributed by atoms with Gasteiger partial charge in [0.05, 0.1) is 0 Å². The van der Waals surface area contributed by atoms with Gasteiger partial charge in [-0.05, 0) is 80.7 Å². The van der Waals surface area contributed by atoms with Gasteiger partial charge in [-0.1, -0.05) is 18.2 Å². The van der Waals surface area contributed by atoms with E-state index in [4.69, 9.17) is 0 Å². The van der Waals surface area contributed by atoms with Crippen LogP contribution in [0.3, 0.4) is 0 Å². The first kappa shape index (κ1) is 19.4. The molecule has 2 heterocycles. The highest BCUT2D eigenvalue weighted by molar-refractivity contribution is 5.95. The summed E-state index contributed by atoms with van der Waals surface area (Å²) in [5.74, 6) is -0.0322. The molecular formula is C24H27N3O2. The standard InChI is InChI=1S/C24H27N3O2/c1-16-13-23(28)26-22-10-9-20(14-21(16)22)18-5-7-19(8-6-18)24(29)25-17(2)15-27-11-3-4-12-27/h5-10,13-14,17H,3-4,11-12,15H2,1-2H3,(H,25,29)(H,26,28). The normalized spacial score (nSPS) is 15.5. The van der Waals surface area contributed by atoms with Crippen LogP contribution in [-0.2, 0) is 0 Å². The van der Waals surface area contributed by atoms with Crippen molar-refractivity contribution in [2.45, 2.75) is 32.7 Å². The Hall–Kier alpha value is -2.92. The maximum Gasteiger partial charge on any atom is 0.251 e. The van der Waals surface area contributed by atoms with Crippen LogP contribution in [0, 0.1) is 6.92 Å². The Labute approximate surface area is 170 Å². The predicted molar refractivity (Wildman–Crippen MR) is 117 cm³/mol. The van der Waals surface area contributed by atoms with Crippen molar-refractivity contribution in [2.75, 3.05) is 19.6 Å². The third kappa shape index (κ3) is 4.40. The number of carbonyl (C=O) groups excluding carboxylic acids is 1. The predicted octanol–water partition coefficient (Wildman–Crippen LogP) is 3.72. The fraction of sp³-hybridized carbons (Fsp3) is 0.333. The van der Waals surface area contributed by atoms with Crippen LogP contribution in [0.15, 0.2) is 53.3 Å². The van der Waals surface area contributed by atoms with E-state index in [0.29, 0.717) is 5.56 Å². The average molecular weight is 389 g/mol. The van der Waals surface area contributed by atoms with Crippen molar-refractivity contribution in [3.8, 4) is 11.1 Å². The molecule has 1 amide bonds. The lowest BCUT2D eigenvalue weighted by molar-refractivity contribution is 0.0932. The summed E-state index contributed by atoms with van der Waals surface area (Å²) in [4.78, 5) is 29.5. The zero-order chi connectivity index (χ0) is 20.4. The SMILES string of the molecule is Cc1cc(=O)[nH]c2ccc(-c3ccc(C(=O)NC(C)CN4CCCC4)cc3)cc12. The minimum Gasteiger partial charge on any atom is -0.348 e. The number of aromatic nitrogens is 1. The molecule has 3 aromatic rings. The molecule has 1 aromatic heterocycles. The van der Waals surface area contributed by atoms with Gasteiger partial charge in [-0.25, -0.2) is 0 Å². The van der Waals surface area contributed by atoms with Crippen molar-refractivity contribution >= 4 is 16.8 Å². The summed E-state index contributed by atoms with van der Waals surface area (Å²) in [5.41, 5.74) is 4.47. The second-order valence-electron chi connectivity index (χ2n) is 8.04. The number of aromatic amines is 1. The smallest absolute Gasteiger partial charge is 0.251 e. The number of carbonyl (C=O) groups is 1. The van der Waals surface area contributed by atoms with Crippen molar-refractivity contribution in [3.63, 3.8) is 0 Å². The molecule has 5 nitrogen and oxygen atoms in total. The molecule has 0 spiro atoms. The monoisotopic (exact) mass is 389 g/mol. The molecule has 29 heavy (non-hydrogen) atoms. The van der Waals surface area contributed by atoms with Crippen molar-refractivity contribution in [3.05, 3.63) is 70.0 Å². The zero-order valence-electron chi connectivity index (χ0n) is 17.0. The number of nitrogens with zero attached hydrogens (tertiary/aromatic N) is 1. The molecule has 4 rings (SSSR count). The number of pyridine rings is 1. The van der Waals surface area contributed by atoms with E-state index in [-0.39, 0.29) is 17.5 Å². The van der Waals surface area contributed by atoms with Crippen LogP contribution in [-0.4, -0.2) is 41.5 Å². The molecular weight excluding hydrogens is 362 g/mol. The average Bonchev–Trinajstić information content (AvgIpc) is 3.20. The molecule has 150 valence electrons. The van der Waals surface area contributed by atoms with Crippen LogP contribution >= 0.6 is 0 Å². The maximum atomic E-state index is 12.6. The van der Waals surface area contributed by atoms with Gasteiger partial charge in [-0.2, -0.15) is 0 Å². The summed E-state index contributed by atoms with van der Waals surface area (Å²) >= 11 is 0. The number of fused-ring (bicyclic) bond motifs is 1. The maximum absolute atomic E-state index is 12.6. The highest BCUT2D eigenvalue weighted by atomic mass is 16.1. The van der Waals surface area contributed by atoms with Crippen LogP contribution in [0.5, 0.6) is 0 Å². The highest BCUT2D eigenvalue weighted by Gasteiger charge is 2.16. The second-order valence-corrected chi connectivity index (χ2v) is 8.04. The number of likely N-dealkylation sites (tertiary alicyclic amines) is 1. The first-order valence-electron chi connectivity index (χ1n) is 10.3. The van der Waals surface area contributed by atoms with Gasteiger partial charge in [0.25, 0.3) is 5.91 Å². The molecule has 0 bridgehead atoms. The van der Waals surface area contributed by atoms with Crippen LogP contribution < -0.4 is 10.9 Å². The van der Waals surface area contributed by atoms with E-state index in [1.165, 1.54) is 12.8 Å². The summed E-state index contributed by atoms with van der Waals surface area (Å²) in [6, 6.07) is 15.4. The summed E-state index contributed by atoms with van der Waals surface area (Å²) in [7, 11) is 0. The first-order chi connectivity index (χ1) is 14.0. The molecule has 0 aliphatic carbocycles. The minimum absolute atomic E-state index is 0.0322. The molecule has 1 fully saturated rings. The van der Waals surface area contributed by atoms with Gasteiger partial charge in [0.2, 0.25) is 5.56 Å². The molecule has 1 saturated heterocycles. The van der Waals surface area contributed by atoms with Crippen LogP contribution in [0.2, 0.25) is 0 Å². The van der Waals surface area contributed by atoms with Gasteiger partial charge < -0.3 is 15.2 Å². The molecule has 1 aliphatic heterocycles. The van der Waals surface area contributed by atoms with E-state index in [0.717, 1.165) is 47.2 Å². The number of aryl methyl sites for hydroxylation is 1. The van der Waals surface area contributed by atoms with Crippen molar-refractivity contribution in [2.24, 2.45) is 0 Å². The van der Waals surface area contributed by atoms with Gasteiger partial charge in [0.1, 0.15) is 0 Å². The minimum atomic E-state index is -0.0860. The van der Waals surface area contributed by atoms with Crippen LogP contribution in [0.4, 0.5) is 0 Å². The van der Waals surface area contributed by atoms with Crippen LogP contribution in [0.1, 0.15) is 35.7 Å². The molecule has 2 N–H and O–H groups in total. The zero-order valence-corrected chi connectivity index (χ0v) is 17.0. The third-order valence-corrected chi connectivity index (χ3v) is 5.64. The number of nitrogens with one attached hydrogen (secondary N) is 2. The molecule has 0 saturated carbocycles. The van der Waals surface area contributed by atoms with E-state index >= 15 is 0 Å². The van der Waals surface area contributed by atoms with Gasteiger partial charge >= 0.3 is 0 Å². The number of hydrogen-bond acceptors (Lipinski definition) is 3. The molecule has 1 unspecified atom stereocenters. The van der Waals surface area contributed by atoms with Gasteiger partial charge in [0, 0.05) is 35.1 Å². The Kier molecular flexibility index (Phi) is 5.49. The van der Waals surface area contributed by atoms with E-state index < -0.39 is 0 Å². The van der Waals surface area contributed by atoms with Crippen LogP contribution in [0.25, 0.3) is 22.0 Å². The van der Waals surface area contributed by atoms with Gasteiger partial charge in [0.15, 0.2) is 0 Å². The molecule has 1 aliphatic rings. The molecule has 1 atom stereocenters. The van der Waals surface area contributed by atoms with Gasteiger partial charge in [-0.3, -0.25) is 9.59 Å². The Bertz CT molecular complexity index is 1080. The third-order valence-electron chi connectivity index (χ3n) is 5.64. The summed E-state index contributed by atoms with van der Waals surface area (Å²) in [5, 5.41) is 4.13. The van der Waals surface area contributed by atoms with E-state index in [9.17, 15) is 9.59 Å². The largest absolute Gasteiger partial charge is 0.348 e. The fourth-order valence-corrected chi connectivity index (χ4v) is 4.12. The number of H-pyrrole nitrogens is 1. The topological polar surface area (TPSA) is 65.2 Å². The Balaban J connectivity index is 1.48. The molecule has 0 radical (unpaired) electrons. The van der Waals surface area contributed by atoms with E-state index in [2.05, 4.69) is 28.2 Å². The lowest BCUT2D eigenvalue weighted by Crippen LogP contribution is -2.41. The van der Waals surface area contributed by atoms with Crippen molar-refractivity contribution < 1.29 is 4.79 Å². The highest BCUT2D eigenvalue weighted by Crippen LogP contribution is 2.25. The van der Waals surface area contributed by atoms with E-state index in [1.54, 1.807) is 6.07 Å². The Morgan fingerprint density at radius 1 is 1.07 bits per heavy atom. The lowest BCUT2D eigenvalue weighted by atomic mass is 10.00. The molecule has 5 heteroatoms. The quantitative estimate of drug-likeness (QED) is 0.699. The number of amides is 1. The van der Waals surface area contributed by atoms with E-state index in [1.807, 2.05) is 43.3 Å². The van der Waals surface area contributed by atoms with Crippen molar-refractivity contribution in [1.29, 1.82) is 0 Å². The molecule has 2 aromatic carbocycles. The Morgan fingerprint density at radius 3 is 2.48 bits per heavy atom. The Morgan fingerprint density at radius 2 is 1.76 bits per heavy atom. The second kappa shape index (κ2) is 8.21. The summed E-state index contributed by atoms with van der Waals surface area (Å²) < 4.78 is 0. The van der Waals surface area contributed by atoms with Crippen molar-refractivity contribution in [1.82, 2.24) is 15.2 Å².